The maximum absolute atomic E-state index is 6.72. The van der Waals surface area contributed by atoms with Crippen molar-refractivity contribution in [2.24, 2.45) is 11.8 Å². The van der Waals surface area contributed by atoms with Crippen molar-refractivity contribution in [1.29, 1.82) is 0 Å². The van der Waals surface area contributed by atoms with Crippen LogP contribution in [-0.2, 0) is 45.8 Å². The van der Waals surface area contributed by atoms with Gasteiger partial charge in [-0.25, -0.2) is 0 Å². The van der Waals surface area contributed by atoms with Gasteiger partial charge in [-0.3, -0.25) is 0 Å². The third kappa shape index (κ3) is 9.82. The lowest BCUT2D eigenvalue weighted by molar-refractivity contribution is -0.163. The van der Waals surface area contributed by atoms with Crippen LogP contribution in [0.1, 0.15) is 104 Å². The third-order valence-corrected chi connectivity index (χ3v) is 16.9. The first-order valence-electron chi connectivity index (χ1n) is 27.1. The molecule has 4 aliphatic carbocycles. The molecule has 12 nitrogen and oxygen atoms in total. The van der Waals surface area contributed by atoms with Crippen LogP contribution in [0, 0.1) is 11.8 Å². The lowest BCUT2D eigenvalue weighted by Gasteiger charge is -2.32. The average Bonchev–Trinajstić information content (AvgIpc) is 4.45. The van der Waals surface area contributed by atoms with E-state index in [0.717, 1.165) is 93.6 Å². The molecule has 76 heavy (non-hydrogen) atoms. The van der Waals surface area contributed by atoms with Crippen molar-refractivity contribution >= 4 is 0 Å². The largest absolute Gasteiger partial charge is 0.497 e. The molecule has 3 saturated heterocycles. The van der Waals surface area contributed by atoms with Crippen LogP contribution in [-0.4, -0.2) is 79.3 Å². The Labute approximate surface area is 447 Å². The summed E-state index contributed by atoms with van der Waals surface area (Å²) in [5, 5.41) is 0. The highest BCUT2D eigenvalue weighted by atomic mass is 16.8. The van der Waals surface area contributed by atoms with Gasteiger partial charge >= 0.3 is 0 Å². The van der Waals surface area contributed by atoms with Crippen LogP contribution in [0.5, 0.6) is 34.5 Å². The van der Waals surface area contributed by atoms with Crippen LogP contribution >= 0.6 is 0 Å². The topological polar surface area (TPSA) is 111 Å². The molecule has 6 atom stereocenters. The third-order valence-electron chi connectivity index (χ3n) is 16.9. The van der Waals surface area contributed by atoms with Crippen LogP contribution in [0.3, 0.4) is 0 Å². The van der Waals surface area contributed by atoms with Crippen LogP contribution < -0.4 is 28.4 Å². The van der Waals surface area contributed by atoms with E-state index in [0.29, 0.717) is 18.4 Å². The summed E-state index contributed by atoms with van der Waals surface area (Å²) in [5.74, 6) is 3.62. The van der Waals surface area contributed by atoms with Gasteiger partial charge in [0.15, 0.2) is 0 Å². The monoisotopic (exact) mass is 1030 g/mol. The molecule has 7 fully saturated rings. The van der Waals surface area contributed by atoms with Gasteiger partial charge in [-0.1, -0.05) is 25.7 Å². The van der Waals surface area contributed by atoms with E-state index in [4.69, 9.17) is 56.8 Å². The van der Waals surface area contributed by atoms with Crippen molar-refractivity contribution < 1.29 is 56.8 Å². The van der Waals surface area contributed by atoms with E-state index in [1.54, 1.807) is 42.7 Å². The second-order valence-electron chi connectivity index (χ2n) is 21.1. The molecule has 7 aliphatic rings. The summed E-state index contributed by atoms with van der Waals surface area (Å²) in [4.78, 5) is 0. The zero-order valence-corrected chi connectivity index (χ0v) is 44.7. The van der Waals surface area contributed by atoms with Crippen molar-refractivity contribution in [3.8, 4) is 34.5 Å². The molecule has 12 heteroatoms. The molecule has 3 heterocycles. The Balaban J connectivity index is 0.000000122. The predicted molar refractivity (Wildman–Crippen MR) is 287 cm³/mol. The molecule has 0 amide bonds. The zero-order chi connectivity index (χ0) is 52.3. The minimum absolute atomic E-state index is 0.151. The first kappa shape index (κ1) is 52.0. The van der Waals surface area contributed by atoms with Crippen LogP contribution in [0.25, 0.3) is 0 Å². The summed E-state index contributed by atoms with van der Waals surface area (Å²) in [7, 11) is 10.0. The van der Waals surface area contributed by atoms with Gasteiger partial charge in [-0.05, 0) is 202 Å². The molecule has 2 bridgehead atoms. The van der Waals surface area contributed by atoms with Gasteiger partial charge in [0.25, 0.3) is 0 Å². The Morgan fingerprint density at radius 2 is 0.632 bits per heavy atom. The van der Waals surface area contributed by atoms with Gasteiger partial charge in [0.05, 0.1) is 79.3 Å². The number of hydrogen-bond acceptors (Lipinski definition) is 12. The first-order chi connectivity index (χ1) is 37.2. The fourth-order valence-electron chi connectivity index (χ4n) is 12.8. The molecule has 0 radical (unpaired) electrons. The van der Waals surface area contributed by atoms with E-state index >= 15 is 0 Å². The van der Waals surface area contributed by atoms with Crippen LogP contribution in [0.4, 0.5) is 0 Å². The van der Waals surface area contributed by atoms with E-state index in [9.17, 15) is 0 Å². The van der Waals surface area contributed by atoms with Crippen LogP contribution in [0.2, 0.25) is 0 Å². The number of ether oxygens (including phenoxy) is 12. The summed E-state index contributed by atoms with van der Waals surface area (Å²) in [6.07, 6.45) is 13.5. The normalized spacial score (nSPS) is 25.5. The fraction of sp³-hybridized carbons (Fsp3) is 0.438. The maximum Gasteiger partial charge on any atom is 0.223 e. The molecule has 0 aromatic heterocycles. The summed E-state index contributed by atoms with van der Waals surface area (Å²) in [5.41, 5.74) is 5.82. The van der Waals surface area contributed by atoms with E-state index < -0.39 is 17.4 Å². The lowest BCUT2D eigenvalue weighted by Crippen LogP contribution is -2.34. The summed E-state index contributed by atoms with van der Waals surface area (Å²) in [6, 6.07) is 47.9. The minimum atomic E-state index is -0.872. The van der Waals surface area contributed by atoms with E-state index in [1.165, 1.54) is 44.9 Å². The fourth-order valence-corrected chi connectivity index (χ4v) is 12.8. The van der Waals surface area contributed by atoms with E-state index in [1.807, 2.05) is 146 Å². The summed E-state index contributed by atoms with van der Waals surface area (Å²) >= 11 is 0. The number of hydrogen-bond donors (Lipinski definition) is 0. The van der Waals surface area contributed by atoms with Gasteiger partial charge in [0, 0.05) is 33.4 Å². The Bertz CT molecular complexity index is 2560. The van der Waals surface area contributed by atoms with Crippen molar-refractivity contribution in [2.45, 2.75) is 118 Å². The SMILES string of the molecule is COc1ccc(C2(c3ccc(OC)cc3)OC3C4CCC(C4)C3O2)cc1.COc1ccc(C2(c3ccc(OC)cc3)OC3CCCCC3O2)cc1.COc1ccc(C2(c3ccc(OC)cc3)OCC3(CCCC3)O2)cc1. The Kier molecular flexibility index (Phi) is 15.1. The van der Waals surface area contributed by atoms with Crippen molar-refractivity contribution in [2.75, 3.05) is 49.3 Å². The molecule has 0 N–H and O–H groups in total. The molecule has 6 aromatic carbocycles. The predicted octanol–water partition coefficient (Wildman–Crippen LogP) is 12.6. The smallest absolute Gasteiger partial charge is 0.223 e. The highest BCUT2D eigenvalue weighted by molar-refractivity contribution is 5.43. The van der Waals surface area contributed by atoms with Gasteiger partial charge in [0.2, 0.25) is 17.4 Å². The lowest BCUT2D eigenvalue weighted by atomic mass is 9.95. The molecule has 6 aromatic rings. The summed E-state index contributed by atoms with van der Waals surface area (Å²) in [6.45, 7) is 0.630. The highest BCUT2D eigenvalue weighted by Crippen LogP contribution is 2.57. The maximum atomic E-state index is 6.72. The van der Waals surface area contributed by atoms with Crippen molar-refractivity contribution in [3.05, 3.63) is 179 Å². The number of methoxy groups -OCH3 is 6. The molecule has 4 saturated carbocycles. The molecule has 6 unspecified atom stereocenters. The average molecular weight is 1030 g/mol. The number of benzene rings is 6. The van der Waals surface area contributed by atoms with Gasteiger partial charge in [0.1, 0.15) is 34.5 Å². The second-order valence-corrected chi connectivity index (χ2v) is 21.1. The van der Waals surface area contributed by atoms with Crippen molar-refractivity contribution in [3.63, 3.8) is 0 Å². The molecule has 400 valence electrons. The highest BCUT2D eigenvalue weighted by Gasteiger charge is 2.61. The second kappa shape index (κ2) is 22.1. The molecular formula is C64H72O12. The Morgan fingerprint density at radius 1 is 0.342 bits per heavy atom. The van der Waals surface area contributed by atoms with E-state index in [2.05, 4.69) is 0 Å². The standard InChI is InChI=1S/C22H24O4.2C21H24O4/c1-23-18-9-5-16(6-10-18)22(17-7-11-19(24-2)12-8-17)25-20-14-3-4-15(13-14)21(20)26-22;1-22-18-9-5-16(6-10-18)21(17-7-11-19(23-2)12-8-17)24-15-20(25-21)13-3-4-14-20;1-22-17-11-7-15(8-12-17)21(16-9-13-18(23-2)14-10-16)24-19-5-3-4-6-20(19)25-21/h5-12,14-15,20-21H,3-4,13H2,1-2H3;5-12H,3-4,13-15H2,1-2H3;7-14,19-20H,3-6H2,1-2H3. The Morgan fingerprint density at radius 3 is 0.934 bits per heavy atom. The van der Waals surface area contributed by atoms with Gasteiger partial charge < -0.3 is 56.8 Å². The number of fused-ring (bicyclic) bond motifs is 6. The number of rotatable bonds is 12. The van der Waals surface area contributed by atoms with Crippen LogP contribution in [0.15, 0.2) is 146 Å². The van der Waals surface area contributed by atoms with E-state index in [-0.39, 0.29) is 30.0 Å². The Hall–Kier alpha value is -6.12. The van der Waals surface area contributed by atoms with Gasteiger partial charge in [-0.15, -0.1) is 0 Å². The molecular weight excluding hydrogens is 961 g/mol. The minimum Gasteiger partial charge on any atom is -0.497 e. The quantitative estimate of drug-likeness (QED) is 0.116. The molecule has 1 spiro atoms. The molecule has 13 rings (SSSR count). The van der Waals surface area contributed by atoms with Crippen molar-refractivity contribution in [1.82, 2.24) is 0 Å². The molecule has 3 aliphatic heterocycles. The summed E-state index contributed by atoms with van der Waals surface area (Å²) < 4.78 is 71.5. The zero-order valence-electron chi connectivity index (χ0n) is 44.7. The first-order valence-corrected chi connectivity index (χ1v) is 27.1. The van der Waals surface area contributed by atoms with Gasteiger partial charge in [-0.2, -0.15) is 0 Å².